The van der Waals surface area contributed by atoms with E-state index in [0.717, 1.165) is 6.54 Å². The molecule has 6 heteroatoms. The molecule has 0 aliphatic carbocycles. The van der Waals surface area contributed by atoms with Gasteiger partial charge < -0.3 is 15.5 Å². The summed E-state index contributed by atoms with van der Waals surface area (Å²) in [6.07, 6.45) is 2.60. The largest absolute Gasteiger partial charge is 0.365 e. The minimum atomic E-state index is -0.184. The van der Waals surface area contributed by atoms with Crippen LogP contribution in [0.25, 0.3) is 0 Å². The Hall–Kier alpha value is -1.69. The molecular weight excluding hydrogens is 254 g/mol. The summed E-state index contributed by atoms with van der Waals surface area (Å²) in [5.74, 6) is 0.529. The van der Waals surface area contributed by atoms with Gasteiger partial charge in [0.15, 0.2) is 5.69 Å². The third-order valence-electron chi connectivity index (χ3n) is 3.36. The maximum Gasteiger partial charge on any atom is 0.271 e. The molecule has 0 saturated carbocycles. The molecule has 6 nitrogen and oxygen atoms in total. The van der Waals surface area contributed by atoms with Crippen molar-refractivity contribution in [2.24, 2.45) is 0 Å². The highest BCUT2D eigenvalue weighted by molar-refractivity contribution is 5.92. The van der Waals surface area contributed by atoms with Crippen molar-refractivity contribution < 1.29 is 4.79 Å². The van der Waals surface area contributed by atoms with Gasteiger partial charge in [0.1, 0.15) is 5.82 Å². The van der Waals surface area contributed by atoms with Gasteiger partial charge in [0.2, 0.25) is 0 Å². The van der Waals surface area contributed by atoms with Crippen LogP contribution in [-0.2, 0) is 0 Å². The van der Waals surface area contributed by atoms with Crippen molar-refractivity contribution in [2.45, 2.75) is 32.7 Å². The SMILES string of the molecule is CCNC(=O)c1ccc(NC(C)CN2CCCC2)nn1. The van der Waals surface area contributed by atoms with E-state index in [1.807, 2.05) is 6.92 Å². The molecule has 1 saturated heterocycles. The number of carbonyl (C=O) groups is 1. The van der Waals surface area contributed by atoms with Crippen LogP contribution in [0.1, 0.15) is 37.2 Å². The summed E-state index contributed by atoms with van der Waals surface area (Å²) < 4.78 is 0. The first-order valence-corrected chi connectivity index (χ1v) is 7.30. The lowest BCUT2D eigenvalue weighted by Crippen LogP contribution is -2.33. The Labute approximate surface area is 120 Å². The third-order valence-corrected chi connectivity index (χ3v) is 3.36. The Balaban J connectivity index is 1.84. The average Bonchev–Trinajstić information content (AvgIpc) is 2.92. The predicted octanol–water partition coefficient (Wildman–Crippen LogP) is 1.12. The molecule has 2 rings (SSSR count). The molecule has 1 aliphatic rings. The van der Waals surface area contributed by atoms with Crippen molar-refractivity contribution in [2.75, 3.05) is 31.5 Å². The summed E-state index contributed by atoms with van der Waals surface area (Å²) in [7, 11) is 0. The fourth-order valence-electron chi connectivity index (χ4n) is 2.43. The van der Waals surface area contributed by atoms with E-state index in [2.05, 4.69) is 32.7 Å². The molecule has 1 atom stereocenters. The molecule has 1 fully saturated rings. The Morgan fingerprint density at radius 3 is 2.70 bits per heavy atom. The van der Waals surface area contributed by atoms with Crippen molar-refractivity contribution in [1.29, 1.82) is 0 Å². The zero-order valence-corrected chi connectivity index (χ0v) is 12.2. The maximum atomic E-state index is 11.6. The van der Waals surface area contributed by atoms with E-state index in [1.165, 1.54) is 25.9 Å². The minimum absolute atomic E-state index is 0.184. The first-order valence-electron chi connectivity index (χ1n) is 7.30. The molecule has 110 valence electrons. The number of likely N-dealkylation sites (tertiary alicyclic amines) is 1. The zero-order chi connectivity index (χ0) is 14.4. The van der Waals surface area contributed by atoms with E-state index in [9.17, 15) is 4.79 Å². The van der Waals surface area contributed by atoms with Crippen LogP contribution in [0.4, 0.5) is 5.82 Å². The topological polar surface area (TPSA) is 70.2 Å². The number of rotatable bonds is 6. The third kappa shape index (κ3) is 4.16. The molecule has 2 N–H and O–H groups in total. The summed E-state index contributed by atoms with van der Waals surface area (Å²) in [6.45, 7) is 7.99. The summed E-state index contributed by atoms with van der Waals surface area (Å²) in [4.78, 5) is 14.0. The fraction of sp³-hybridized carbons (Fsp3) is 0.643. The molecule has 1 aromatic rings. The highest BCUT2D eigenvalue weighted by Crippen LogP contribution is 2.10. The molecular formula is C14H23N5O. The van der Waals surface area contributed by atoms with Crippen molar-refractivity contribution in [1.82, 2.24) is 20.4 Å². The van der Waals surface area contributed by atoms with Crippen molar-refractivity contribution in [3.05, 3.63) is 17.8 Å². The van der Waals surface area contributed by atoms with Crippen molar-refractivity contribution >= 4 is 11.7 Å². The van der Waals surface area contributed by atoms with Crippen molar-refractivity contribution in [3.8, 4) is 0 Å². The van der Waals surface area contributed by atoms with Crippen LogP contribution in [0.3, 0.4) is 0 Å². The van der Waals surface area contributed by atoms with E-state index in [4.69, 9.17) is 0 Å². The van der Waals surface area contributed by atoms with Gasteiger partial charge in [0, 0.05) is 19.1 Å². The molecule has 0 radical (unpaired) electrons. The molecule has 1 aliphatic heterocycles. The van der Waals surface area contributed by atoms with Gasteiger partial charge in [0.25, 0.3) is 5.91 Å². The molecule has 1 unspecified atom stereocenters. The average molecular weight is 277 g/mol. The number of anilines is 1. The lowest BCUT2D eigenvalue weighted by atomic mass is 10.3. The summed E-state index contributed by atoms with van der Waals surface area (Å²) in [5.41, 5.74) is 0.351. The highest BCUT2D eigenvalue weighted by Gasteiger charge is 2.15. The quantitative estimate of drug-likeness (QED) is 0.815. The molecule has 2 heterocycles. The highest BCUT2D eigenvalue weighted by atomic mass is 16.1. The number of carbonyl (C=O) groups excluding carboxylic acids is 1. The molecule has 0 aromatic carbocycles. The Morgan fingerprint density at radius 1 is 1.35 bits per heavy atom. The lowest BCUT2D eigenvalue weighted by molar-refractivity contribution is 0.0950. The summed E-state index contributed by atoms with van der Waals surface area (Å²) in [6, 6.07) is 3.82. The molecule has 1 aromatic heterocycles. The second kappa shape index (κ2) is 7.19. The van der Waals surface area contributed by atoms with Crippen LogP contribution in [0.5, 0.6) is 0 Å². The van der Waals surface area contributed by atoms with Crippen LogP contribution in [0.15, 0.2) is 12.1 Å². The van der Waals surface area contributed by atoms with Crippen molar-refractivity contribution in [3.63, 3.8) is 0 Å². The van der Waals surface area contributed by atoms with Gasteiger partial charge in [-0.05, 0) is 51.9 Å². The normalized spacial score (nSPS) is 16.9. The predicted molar refractivity (Wildman–Crippen MR) is 78.8 cm³/mol. The van der Waals surface area contributed by atoms with Gasteiger partial charge in [-0.2, -0.15) is 0 Å². The molecule has 0 spiro atoms. The maximum absolute atomic E-state index is 11.6. The summed E-state index contributed by atoms with van der Waals surface area (Å²) in [5, 5.41) is 14.0. The van der Waals surface area contributed by atoms with Gasteiger partial charge in [0.05, 0.1) is 0 Å². The number of amides is 1. The smallest absolute Gasteiger partial charge is 0.271 e. The first-order chi connectivity index (χ1) is 9.69. The van der Waals surface area contributed by atoms with Crippen LogP contribution in [-0.4, -0.2) is 53.2 Å². The first kappa shape index (κ1) is 14.7. The van der Waals surface area contributed by atoms with Gasteiger partial charge >= 0.3 is 0 Å². The number of aromatic nitrogens is 2. The second-order valence-corrected chi connectivity index (χ2v) is 5.22. The monoisotopic (exact) mass is 277 g/mol. The minimum Gasteiger partial charge on any atom is -0.365 e. The molecule has 0 bridgehead atoms. The Kier molecular flexibility index (Phi) is 5.29. The van der Waals surface area contributed by atoms with Crippen LogP contribution in [0, 0.1) is 0 Å². The number of nitrogens with one attached hydrogen (secondary N) is 2. The molecule has 1 amide bonds. The standard InChI is InChI=1S/C14H23N5O/c1-3-15-14(20)12-6-7-13(18-17-12)16-11(2)10-19-8-4-5-9-19/h6-7,11H,3-5,8-10H2,1-2H3,(H,15,20)(H,16,18). The fourth-order valence-corrected chi connectivity index (χ4v) is 2.43. The van der Waals surface area contributed by atoms with Gasteiger partial charge in [-0.15, -0.1) is 10.2 Å². The van der Waals surface area contributed by atoms with E-state index in [0.29, 0.717) is 24.1 Å². The van der Waals surface area contributed by atoms with E-state index in [-0.39, 0.29) is 5.91 Å². The van der Waals surface area contributed by atoms with Gasteiger partial charge in [-0.3, -0.25) is 4.79 Å². The van der Waals surface area contributed by atoms with Crippen LogP contribution in [0.2, 0.25) is 0 Å². The van der Waals surface area contributed by atoms with E-state index < -0.39 is 0 Å². The second-order valence-electron chi connectivity index (χ2n) is 5.22. The Morgan fingerprint density at radius 2 is 2.10 bits per heavy atom. The number of nitrogens with zero attached hydrogens (tertiary/aromatic N) is 3. The summed E-state index contributed by atoms with van der Waals surface area (Å²) >= 11 is 0. The van der Waals surface area contributed by atoms with Crippen LogP contribution < -0.4 is 10.6 Å². The Bertz CT molecular complexity index is 428. The number of hydrogen-bond donors (Lipinski definition) is 2. The number of hydrogen-bond acceptors (Lipinski definition) is 5. The van der Waals surface area contributed by atoms with Gasteiger partial charge in [-0.25, -0.2) is 0 Å². The van der Waals surface area contributed by atoms with Gasteiger partial charge in [-0.1, -0.05) is 0 Å². The van der Waals surface area contributed by atoms with E-state index in [1.54, 1.807) is 12.1 Å². The lowest BCUT2D eigenvalue weighted by Gasteiger charge is -2.21. The van der Waals surface area contributed by atoms with E-state index >= 15 is 0 Å². The van der Waals surface area contributed by atoms with Crippen LogP contribution >= 0.6 is 0 Å². The zero-order valence-electron chi connectivity index (χ0n) is 12.2. The molecule has 20 heavy (non-hydrogen) atoms.